The summed E-state index contributed by atoms with van der Waals surface area (Å²) in [6.45, 7) is 4.78. The fourth-order valence-corrected chi connectivity index (χ4v) is 2.51. The highest BCUT2D eigenvalue weighted by Crippen LogP contribution is 2.33. The molecule has 0 spiro atoms. The highest BCUT2D eigenvalue weighted by molar-refractivity contribution is 4.81. The van der Waals surface area contributed by atoms with Gasteiger partial charge >= 0.3 is 0 Å². The molecule has 2 unspecified atom stereocenters. The molecule has 0 radical (unpaired) electrons. The van der Waals surface area contributed by atoms with Crippen LogP contribution >= 0.6 is 0 Å². The van der Waals surface area contributed by atoms with Gasteiger partial charge in [-0.2, -0.15) is 0 Å². The molecular weight excluding hydrogens is 172 g/mol. The zero-order valence-corrected chi connectivity index (χ0v) is 9.39. The summed E-state index contributed by atoms with van der Waals surface area (Å²) in [6.07, 6.45) is 8.39. The van der Waals surface area contributed by atoms with Crippen LogP contribution in [0, 0.1) is 5.92 Å². The standard InChI is InChI=1S/C12H24N2/c1-10(9-11-4-5-11)14-12-3-2-7-13-8-6-12/h10-14H,2-9H2,1H3. The van der Waals surface area contributed by atoms with Gasteiger partial charge < -0.3 is 10.6 Å². The van der Waals surface area contributed by atoms with Gasteiger partial charge in [-0.25, -0.2) is 0 Å². The largest absolute Gasteiger partial charge is 0.317 e. The van der Waals surface area contributed by atoms with Crippen LogP contribution in [-0.2, 0) is 0 Å². The van der Waals surface area contributed by atoms with E-state index in [1.165, 1.54) is 51.6 Å². The Labute approximate surface area is 87.8 Å². The summed E-state index contributed by atoms with van der Waals surface area (Å²) in [5.41, 5.74) is 0. The lowest BCUT2D eigenvalue weighted by Crippen LogP contribution is -2.37. The van der Waals surface area contributed by atoms with Gasteiger partial charge in [-0.3, -0.25) is 0 Å². The average molecular weight is 196 g/mol. The molecule has 2 fully saturated rings. The van der Waals surface area contributed by atoms with Crippen molar-refractivity contribution in [3.63, 3.8) is 0 Å². The predicted molar refractivity (Wildman–Crippen MR) is 60.4 cm³/mol. The highest BCUT2D eigenvalue weighted by Gasteiger charge is 2.24. The lowest BCUT2D eigenvalue weighted by molar-refractivity contribution is 0.389. The van der Waals surface area contributed by atoms with E-state index in [9.17, 15) is 0 Å². The summed E-state index contributed by atoms with van der Waals surface area (Å²) in [5.74, 6) is 1.06. The van der Waals surface area contributed by atoms with E-state index in [4.69, 9.17) is 0 Å². The van der Waals surface area contributed by atoms with Crippen molar-refractivity contribution >= 4 is 0 Å². The summed E-state index contributed by atoms with van der Waals surface area (Å²) in [7, 11) is 0. The third kappa shape index (κ3) is 3.58. The summed E-state index contributed by atoms with van der Waals surface area (Å²) in [4.78, 5) is 0. The summed E-state index contributed by atoms with van der Waals surface area (Å²) < 4.78 is 0. The fraction of sp³-hybridized carbons (Fsp3) is 1.00. The summed E-state index contributed by atoms with van der Waals surface area (Å²) in [6, 6.07) is 1.52. The molecule has 82 valence electrons. The third-order valence-corrected chi connectivity index (χ3v) is 3.48. The van der Waals surface area contributed by atoms with Gasteiger partial charge in [-0.15, -0.1) is 0 Å². The average Bonchev–Trinajstić information content (AvgIpc) is 2.93. The van der Waals surface area contributed by atoms with E-state index >= 15 is 0 Å². The molecule has 2 N–H and O–H groups in total. The second kappa shape index (κ2) is 5.13. The molecule has 0 aromatic carbocycles. The van der Waals surface area contributed by atoms with Crippen LogP contribution in [0.3, 0.4) is 0 Å². The van der Waals surface area contributed by atoms with Crippen LogP contribution in [-0.4, -0.2) is 25.2 Å². The van der Waals surface area contributed by atoms with E-state index in [1.54, 1.807) is 0 Å². The monoisotopic (exact) mass is 196 g/mol. The molecule has 14 heavy (non-hydrogen) atoms. The minimum Gasteiger partial charge on any atom is -0.317 e. The molecule has 0 amide bonds. The van der Waals surface area contributed by atoms with E-state index < -0.39 is 0 Å². The van der Waals surface area contributed by atoms with E-state index in [0.717, 1.165) is 18.0 Å². The first kappa shape index (κ1) is 10.4. The molecule has 2 nitrogen and oxygen atoms in total. The Morgan fingerprint density at radius 1 is 1.21 bits per heavy atom. The number of hydrogen-bond donors (Lipinski definition) is 2. The molecule has 2 aliphatic rings. The van der Waals surface area contributed by atoms with E-state index in [0.29, 0.717) is 0 Å². The van der Waals surface area contributed by atoms with Gasteiger partial charge in [0, 0.05) is 12.1 Å². The van der Waals surface area contributed by atoms with Crippen molar-refractivity contribution in [3.05, 3.63) is 0 Å². The van der Waals surface area contributed by atoms with Gasteiger partial charge in [0.2, 0.25) is 0 Å². The van der Waals surface area contributed by atoms with Crippen molar-refractivity contribution in [1.29, 1.82) is 0 Å². The van der Waals surface area contributed by atoms with Crippen LogP contribution in [0.5, 0.6) is 0 Å². The van der Waals surface area contributed by atoms with Crippen molar-refractivity contribution < 1.29 is 0 Å². The smallest absolute Gasteiger partial charge is 0.00820 e. The SMILES string of the molecule is CC(CC1CC1)NC1CCCNCC1. The minimum absolute atomic E-state index is 0.741. The Morgan fingerprint density at radius 3 is 2.86 bits per heavy atom. The van der Waals surface area contributed by atoms with Gasteiger partial charge in [0.25, 0.3) is 0 Å². The van der Waals surface area contributed by atoms with Crippen molar-refractivity contribution in [2.24, 2.45) is 5.92 Å². The van der Waals surface area contributed by atoms with Crippen molar-refractivity contribution in [3.8, 4) is 0 Å². The van der Waals surface area contributed by atoms with Gasteiger partial charge in [-0.05, 0) is 51.6 Å². The molecule has 1 saturated carbocycles. The van der Waals surface area contributed by atoms with Crippen molar-refractivity contribution in [2.75, 3.05) is 13.1 Å². The fourth-order valence-electron chi connectivity index (χ4n) is 2.51. The molecule has 1 heterocycles. The molecule has 1 aliphatic heterocycles. The number of nitrogens with one attached hydrogen (secondary N) is 2. The minimum atomic E-state index is 0.741. The molecule has 1 saturated heterocycles. The molecule has 1 aliphatic carbocycles. The van der Waals surface area contributed by atoms with Gasteiger partial charge in [-0.1, -0.05) is 12.8 Å². The van der Waals surface area contributed by atoms with Gasteiger partial charge in [0.15, 0.2) is 0 Å². The van der Waals surface area contributed by atoms with Crippen LogP contribution in [0.15, 0.2) is 0 Å². The summed E-state index contributed by atoms with van der Waals surface area (Å²) in [5, 5.41) is 7.25. The molecule has 2 atom stereocenters. The third-order valence-electron chi connectivity index (χ3n) is 3.48. The van der Waals surface area contributed by atoms with Crippen LogP contribution in [0.4, 0.5) is 0 Å². The van der Waals surface area contributed by atoms with Gasteiger partial charge in [0.1, 0.15) is 0 Å². The zero-order chi connectivity index (χ0) is 9.80. The second-order valence-corrected chi connectivity index (χ2v) is 5.12. The van der Waals surface area contributed by atoms with Crippen LogP contribution in [0.25, 0.3) is 0 Å². The molecular formula is C12H24N2. The maximum Gasteiger partial charge on any atom is 0.00820 e. The first-order valence-electron chi connectivity index (χ1n) is 6.31. The quantitative estimate of drug-likeness (QED) is 0.717. The Kier molecular flexibility index (Phi) is 3.82. The second-order valence-electron chi connectivity index (χ2n) is 5.12. The molecule has 0 aromatic heterocycles. The molecule has 2 rings (SSSR count). The highest BCUT2D eigenvalue weighted by atomic mass is 15.0. The summed E-state index contributed by atoms with van der Waals surface area (Å²) >= 11 is 0. The number of hydrogen-bond acceptors (Lipinski definition) is 2. The van der Waals surface area contributed by atoms with Crippen LogP contribution in [0.2, 0.25) is 0 Å². The first-order valence-corrected chi connectivity index (χ1v) is 6.31. The van der Waals surface area contributed by atoms with Crippen molar-refractivity contribution in [1.82, 2.24) is 10.6 Å². The number of rotatable bonds is 4. The Morgan fingerprint density at radius 2 is 2.07 bits per heavy atom. The maximum absolute atomic E-state index is 3.79. The maximum atomic E-state index is 3.79. The Balaban J connectivity index is 1.65. The lowest BCUT2D eigenvalue weighted by Gasteiger charge is -2.21. The molecule has 0 bridgehead atoms. The van der Waals surface area contributed by atoms with Gasteiger partial charge in [0.05, 0.1) is 0 Å². The topological polar surface area (TPSA) is 24.1 Å². The molecule has 2 heteroatoms. The normalized spacial score (nSPS) is 31.1. The Hall–Kier alpha value is -0.0800. The Bertz CT molecular complexity index is 158. The van der Waals surface area contributed by atoms with Crippen LogP contribution < -0.4 is 10.6 Å². The van der Waals surface area contributed by atoms with E-state index in [2.05, 4.69) is 17.6 Å². The van der Waals surface area contributed by atoms with E-state index in [-0.39, 0.29) is 0 Å². The molecule has 0 aromatic rings. The lowest BCUT2D eigenvalue weighted by atomic mass is 10.1. The first-order chi connectivity index (χ1) is 6.84. The van der Waals surface area contributed by atoms with Crippen LogP contribution in [0.1, 0.15) is 45.4 Å². The van der Waals surface area contributed by atoms with Crippen molar-refractivity contribution in [2.45, 2.75) is 57.5 Å². The predicted octanol–water partition coefficient (Wildman–Crippen LogP) is 1.91. The zero-order valence-electron chi connectivity index (χ0n) is 9.39. The van der Waals surface area contributed by atoms with E-state index in [1.807, 2.05) is 0 Å².